The Labute approximate surface area is 99.9 Å². The second kappa shape index (κ2) is 10.8. The van der Waals surface area contributed by atoms with Crippen LogP contribution in [0.15, 0.2) is 9.98 Å². The first kappa shape index (κ1) is 15.3. The molecule has 1 N–H and O–H groups in total. The Bertz CT molecular complexity index is 211. The summed E-state index contributed by atoms with van der Waals surface area (Å²) in [7, 11) is 4.11. The zero-order chi connectivity index (χ0) is 12.2. The van der Waals surface area contributed by atoms with Crippen LogP contribution in [0.3, 0.4) is 0 Å². The molecule has 0 aromatic carbocycles. The zero-order valence-corrected chi connectivity index (χ0v) is 11.2. The third-order valence-corrected chi connectivity index (χ3v) is 2.18. The Kier molecular flexibility index (Phi) is 10.3. The van der Waals surface area contributed by atoms with E-state index in [2.05, 4.69) is 34.2 Å². The standard InChI is InChI=1S/C12H26N4/c1-5-14-10-12(15-6-2)11-16(4)9-7-8-13-3/h10,13H,5-9,11H2,1-4H3. The molecular formula is C12H26N4. The normalized spacial score (nSPS) is 12.9. The highest BCUT2D eigenvalue weighted by Crippen LogP contribution is 1.89. The van der Waals surface area contributed by atoms with Gasteiger partial charge in [0.15, 0.2) is 0 Å². The Morgan fingerprint density at radius 2 is 2.06 bits per heavy atom. The van der Waals surface area contributed by atoms with Crippen LogP contribution in [0.2, 0.25) is 0 Å². The number of hydrogen-bond donors (Lipinski definition) is 1. The quantitative estimate of drug-likeness (QED) is 0.472. The SMILES string of the molecule is CCN=CC(CN(C)CCCNC)=NCC. The maximum absolute atomic E-state index is 4.44. The molecule has 0 atom stereocenters. The van der Waals surface area contributed by atoms with Gasteiger partial charge in [0, 0.05) is 25.8 Å². The Morgan fingerprint density at radius 3 is 2.62 bits per heavy atom. The van der Waals surface area contributed by atoms with Crippen LogP contribution >= 0.6 is 0 Å². The van der Waals surface area contributed by atoms with Gasteiger partial charge in [0.2, 0.25) is 0 Å². The van der Waals surface area contributed by atoms with Crippen molar-refractivity contribution in [1.82, 2.24) is 10.2 Å². The van der Waals surface area contributed by atoms with Crippen LogP contribution in [0, 0.1) is 0 Å². The number of rotatable bonds is 9. The topological polar surface area (TPSA) is 40.0 Å². The second-order valence-corrected chi connectivity index (χ2v) is 3.79. The summed E-state index contributed by atoms with van der Waals surface area (Å²) in [5.41, 5.74) is 1.08. The van der Waals surface area contributed by atoms with Crippen molar-refractivity contribution in [3.8, 4) is 0 Å². The molecule has 0 saturated carbocycles. The van der Waals surface area contributed by atoms with Gasteiger partial charge in [-0.15, -0.1) is 0 Å². The number of nitrogens with one attached hydrogen (secondary N) is 1. The van der Waals surface area contributed by atoms with E-state index in [9.17, 15) is 0 Å². The summed E-state index contributed by atoms with van der Waals surface area (Å²) in [6.07, 6.45) is 3.06. The smallest absolute Gasteiger partial charge is 0.0666 e. The van der Waals surface area contributed by atoms with Crippen LogP contribution in [0.25, 0.3) is 0 Å². The maximum atomic E-state index is 4.44. The van der Waals surface area contributed by atoms with Gasteiger partial charge in [-0.25, -0.2) is 0 Å². The maximum Gasteiger partial charge on any atom is 0.0666 e. The molecule has 0 unspecified atom stereocenters. The fourth-order valence-electron chi connectivity index (χ4n) is 1.41. The summed E-state index contributed by atoms with van der Waals surface area (Å²) in [6, 6.07) is 0. The van der Waals surface area contributed by atoms with E-state index < -0.39 is 0 Å². The third-order valence-electron chi connectivity index (χ3n) is 2.18. The Morgan fingerprint density at radius 1 is 1.31 bits per heavy atom. The van der Waals surface area contributed by atoms with E-state index in [1.165, 1.54) is 0 Å². The highest BCUT2D eigenvalue weighted by molar-refractivity contribution is 6.31. The minimum atomic E-state index is 0.826. The molecule has 0 amide bonds. The van der Waals surface area contributed by atoms with Crippen LogP contribution in [0.5, 0.6) is 0 Å². The van der Waals surface area contributed by atoms with Gasteiger partial charge in [-0.2, -0.15) is 0 Å². The van der Waals surface area contributed by atoms with Crippen molar-refractivity contribution in [2.24, 2.45) is 9.98 Å². The van der Waals surface area contributed by atoms with Gasteiger partial charge in [-0.1, -0.05) is 0 Å². The number of aliphatic imine (C=N–C) groups is 2. The minimum Gasteiger partial charge on any atom is -0.320 e. The first-order chi connectivity index (χ1) is 7.74. The molecule has 0 rings (SSSR count). The summed E-state index contributed by atoms with van der Waals surface area (Å²) in [5.74, 6) is 0. The average Bonchev–Trinajstić information content (AvgIpc) is 2.26. The van der Waals surface area contributed by atoms with Gasteiger partial charge in [0.05, 0.1) is 5.71 Å². The van der Waals surface area contributed by atoms with Crippen LogP contribution < -0.4 is 5.32 Å². The zero-order valence-electron chi connectivity index (χ0n) is 11.2. The van der Waals surface area contributed by atoms with Crippen LogP contribution in [-0.4, -0.2) is 63.6 Å². The van der Waals surface area contributed by atoms with Crippen molar-refractivity contribution in [2.45, 2.75) is 20.3 Å². The van der Waals surface area contributed by atoms with E-state index in [1.54, 1.807) is 0 Å². The largest absolute Gasteiger partial charge is 0.320 e. The molecule has 0 heterocycles. The van der Waals surface area contributed by atoms with Gasteiger partial charge >= 0.3 is 0 Å². The van der Waals surface area contributed by atoms with Gasteiger partial charge in [-0.05, 0) is 47.5 Å². The Hall–Kier alpha value is -0.740. The molecule has 4 heteroatoms. The summed E-state index contributed by atoms with van der Waals surface area (Å²) < 4.78 is 0. The van der Waals surface area contributed by atoms with Gasteiger partial charge < -0.3 is 10.2 Å². The molecule has 0 fully saturated rings. The average molecular weight is 226 g/mol. The molecule has 4 nitrogen and oxygen atoms in total. The van der Waals surface area contributed by atoms with Crippen LogP contribution in [0.1, 0.15) is 20.3 Å². The predicted octanol–water partition coefficient (Wildman–Crippen LogP) is 1.08. The molecule has 0 aromatic rings. The number of nitrogens with zero attached hydrogens (tertiary/aromatic N) is 3. The molecule has 0 aliphatic carbocycles. The highest BCUT2D eigenvalue weighted by Gasteiger charge is 2.01. The van der Waals surface area contributed by atoms with Crippen LogP contribution in [0.4, 0.5) is 0 Å². The van der Waals surface area contributed by atoms with E-state index in [1.807, 2.05) is 20.2 Å². The molecule has 0 radical (unpaired) electrons. The van der Waals surface area contributed by atoms with E-state index in [0.29, 0.717) is 0 Å². The molecular weight excluding hydrogens is 200 g/mol. The van der Waals surface area contributed by atoms with Crippen molar-refractivity contribution < 1.29 is 0 Å². The lowest BCUT2D eigenvalue weighted by Crippen LogP contribution is -2.29. The predicted molar refractivity (Wildman–Crippen MR) is 73.0 cm³/mol. The first-order valence-corrected chi connectivity index (χ1v) is 6.10. The van der Waals surface area contributed by atoms with E-state index in [-0.39, 0.29) is 0 Å². The van der Waals surface area contributed by atoms with Crippen molar-refractivity contribution in [3.63, 3.8) is 0 Å². The van der Waals surface area contributed by atoms with Crippen molar-refractivity contribution in [3.05, 3.63) is 0 Å². The third kappa shape index (κ3) is 8.56. The fourth-order valence-corrected chi connectivity index (χ4v) is 1.41. The summed E-state index contributed by atoms with van der Waals surface area (Å²) in [4.78, 5) is 11.0. The number of hydrogen-bond acceptors (Lipinski definition) is 4. The lowest BCUT2D eigenvalue weighted by molar-refractivity contribution is 0.373. The Balaban J connectivity index is 3.98. The molecule has 0 aromatic heterocycles. The molecule has 0 bridgehead atoms. The van der Waals surface area contributed by atoms with Gasteiger partial charge in [0.25, 0.3) is 0 Å². The lowest BCUT2D eigenvalue weighted by Gasteiger charge is -2.16. The monoisotopic (exact) mass is 226 g/mol. The first-order valence-electron chi connectivity index (χ1n) is 6.10. The van der Waals surface area contributed by atoms with E-state index >= 15 is 0 Å². The van der Waals surface area contributed by atoms with E-state index in [4.69, 9.17) is 0 Å². The highest BCUT2D eigenvalue weighted by atomic mass is 15.1. The van der Waals surface area contributed by atoms with Gasteiger partial charge in [-0.3, -0.25) is 9.98 Å². The van der Waals surface area contributed by atoms with Crippen molar-refractivity contribution in [2.75, 3.05) is 46.8 Å². The molecule has 0 aliphatic heterocycles. The summed E-state index contributed by atoms with van der Waals surface area (Å²) in [6.45, 7) is 8.79. The molecule has 0 saturated heterocycles. The summed E-state index contributed by atoms with van der Waals surface area (Å²) in [5, 5.41) is 3.15. The van der Waals surface area contributed by atoms with Crippen molar-refractivity contribution >= 4 is 11.9 Å². The molecule has 94 valence electrons. The molecule has 0 aliphatic rings. The second-order valence-electron chi connectivity index (χ2n) is 3.79. The minimum absolute atomic E-state index is 0.826. The van der Waals surface area contributed by atoms with E-state index in [0.717, 1.165) is 44.9 Å². The van der Waals surface area contributed by atoms with Crippen molar-refractivity contribution in [1.29, 1.82) is 0 Å². The van der Waals surface area contributed by atoms with Crippen LogP contribution in [-0.2, 0) is 0 Å². The lowest BCUT2D eigenvalue weighted by atomic mass is 10.3. The fraction of sp³-hybridized carbons (Fsp3) is 0.833. The van der Waals surface area contributed by atoms with Gasteiger partial charge in [0.1, 0.15) is 0 Å². The summed E-state index contributed by atoms with van der Waals surface area (Å²) >= 11 is 0. The molecule has 0 spiro atoms. The molecule has 16 heavy (non-hydrogen) atoms.